The monoisotopic (exact) mass is 385 g/mol. The molecule has 0 fully saturated rings. The summed E-state index contributed by atoms with van der Waals surface area (Å²) in [4.78, 5) is 0. The summed E-state index contributed by atoms with van der Waals surface area (Å²) in [5.74, 6) is 0.786. The van der Waals surface area contributed by atoms with Crippen molar-refractivity contribution in [2.45, 2.75) is 32.2 Å². The topological polar surface area (TPSA) is 39.9 Å². The smallest absolute Gasteiger partial charge is 0.416 e. The molecule has 0 N–H and O–H groups in total. The summed E-state index contributed by atoms with van der Waals surface area (Å²) in [6, 6.07) is 11.0. The number of alkyl halides is 3. The molecule has 4 nitrogen and oxygen atoms in total. The van der Waals surface area contributed by atoms with Crippen LogP contribution in [-0.4, -0.2) is 20.6 Å². The van der Waals surface area contributed by atoms with Gasteiger partial charge >= 0.3 is 6.18 Å². The molecule has 0 saturated heterocycles. The molecular weight excluding hydrogens is 367 g/mol. The quantitative estimate of drug-likeness (QED) is 0.627. The van der Waals surface area contributed by atoms with Crippen molar-refractivity contribution in [1.82, 2.24) is 15.0 Å². The van der Waals surface area contributed by atoms with Crippen molar-refractivity contribution in [2.24, 2.45) is 0 Å². The standard InChI is InChI=1S/C21H18F3N3O/c1-14-6-7-19-16(10-14)8-9-20(2,28-19)13-27-12-18(25-26-27)15-4-3-5-17(11-15)21(22,23)24/h3-12H,13H2,1-2H3. The molecule has 1 aromatic heterocycles. The summed E-state index contributed by atoms with van der Waals surface area (Å²) in [5.41, 5.74) is 1.56. The van der Waals surface area contributed by atoms with E-state index in [4.69, 9.17) is 4.74 Å². The van der Waals surface area contributed by atoms with Crippen LogP contribution < -0.4 is 4.74 Å². The first-order valence-corrected chi connectivity index (χ1v) is 8.79. The second-order valence-corrected chi connectivity index (χ2v) is 7.17. The van der Waals surface area contributed by atoms with Crippen molar-refractivity contribution in [3.05, 3.63) is 71.4 Å². The molecule has 28 heavy (non-hydrogen) atoms. The van der Waals surface area contributed by atoms with E-state index in [-0.39, 0.29) is 0 Å². The van der Waals surface area contributed by atoms with Crippen molar-refractivity contribution in [3.8, 4) is 17.0 Å². The van der Waals surface area contributed by atoms with Crippen LogP contribution in [0.4, 0.5) is 13.2 Å². The van der Waals surface area contributed by atoms with Crippen LogP contribution in [0, 0.1) is 6.92 Å². The van der Waals surface area contributed by atoms with E-state index in [1.54, 1.807) is 16.9 Å². The van der Waals surface area contributed by atoms with Gasteiger partial charge in [-0.25, -0.2) is 4.68 Å². The first kappa shape index (κ1) is 18.3. The van der Waals surface area contributed by atoms with E-state index in [9.17, 15) is 13.2 Å². The molecule has 3 aromatic rings. The second-order valence-electron chi connectivity index (χ2n) is 7.17. The van der Waals surface area contributed by atoms with Crippen LogP contribution >= 0.6 is 0 Å². The highest BCUT2D eigenvalue weighted by atomic mass is 19.4. The van der Waals surface area contributed by atoms with Gasteiger partial charge in [-0.3, -0.25) is 0 Å². The molecule has 0 radical (unpaired) electrons. The molecule has 0 aliphatic carbocycles. The molecule has 1 unspecified atom stereocenters. The highest BCUT2D eigenvalue weighted by molar-refractivity contribution is 5.62. The van der Waals surface area contributed by atoms with Crippen molar-refractivity contribution in [3.63, 3.8) is 0 Å². The molecule has 144 valence electrons. The molecule has 4 rings (SSSR count). The molecule has 2 heterocycles. The van der Waals surface area contributed by atoms with Gasteiger partial charge < -0.3 is 4.74 Å². The fourth-order valence-corrected chi connectivity index (χ4v) is 3.21. The van der Waals surface area contributed by atoms with E-state index in [1.165, 1.54) is 6.07 Å². The zero-order valence-electron chi connectivity index (χ0n) is 15.4. The molecule has 0 amide bonds. The third kappa shape index (κ3) is 3.65. The van der Waals surface area contributed by atoms with Gasteiger partial charge in [-0.05, 0) is 44.2 Å². The van der Waals surface area contributed by atoms with Gasteiger partial charge in [-0.1, -0.05) is 35.1 Å². The van der Waals surface area contributed by atoms with Crippen molar-refractivity contribution in [1.29, 1.82) is 0 Å². The Labute approximate surface area is 160 Å². The van der Waals surface area contributed by atoms with Crippen LogP contribution in [0.5, 0.6) is 5.75 Å². The van der Waals surface area contributed by atoms with Crippen molar-refractivity contribution in [2.75, 3.05) is 0 Å². The number of ether oxygens (including phenoxy) is 1. The fraction of sp³-hybridized carbons (Fsp3) is 0.238. The maximum Gasteiger partial charge on any atom is 0.416 e. The SMILES string of the molecule is Cc1ccc2c(c1)C=CC(C)(Cn1cc(-c3cccc(C(F)(F)F)c3)nn1)O2. The van der Waals surface area contributed by atoms with Crippen LogP contribution in [0.15, 0.2) is 54.7 Å². The predicted molar refractivity (Wildman–Crippen MR) is 99.7 cm³/mol. The summed E-state index contributed by atoms with van der Waals surface area (Å²) >= 11 is 0. The lowest BCUT2D eigenvalue weighted by atomic mass is 9.99. The Hall–Kier alpha value is -3.09. The van der Waals surface area contributed by atoms with Crippen LogP contribution in [0.3, 0.4) is 0 Å². The molecule has 1 aliphatic heterocycles. The van der Waals surface area contributed by atoms with Crippen LogP contribution in [0.25, 0.3) is 17.3 Å². The van der Waals surface area contributed by atoms with Gasteiger partial charge in [-0.15, -0.1) is 5.10 Å². The van der Waals surface area contributed by atoms with Gasteiger partial charge in [0.05, 0.1) is 18.3 Å². The number of benzene rings is 2. The number of nitrogens with zero attached hydrogens (tertiary/aromatic N) is 3. The number of aryl methyl sites for hydroxylation is 1. The largest absolute Gasteiger partial charge is 0.481 e. The van der Waals surface area contributed by atoms with Gasteiger partial charge in [0.1, 0.15) is 17.0 Å². The Morgan fingerprint density at radius 2 is 1.96 bits per heavy atom. The zero-order valence-corrected chi connectivity index (χ0v) is 15.4. The van der Waals surface area contributed by atoms with Gasteiger partial charge in [0.2, 0.25) is 0 Å². The van der Waals surface area contributed by atoms with E-state index in [0.29, 0.717) is 17.8 Å². The lowest BCUT2D eigenvalue weighted by molar-refractivity contribution is -0.137. The number of fused-ring (bicyclic) bond motifs is 1. The lowest BCUT2D eigenvalue weighted by Gasteiger charge is -2.31. The Morgan fingerprint density at radius 3 is 2.75 bits per heavy atom. The maximum atomic E-state index is 12.9. The molecule has 0 spiro atoms. The van der Waals surface area contributed by atoms with E-state index < -0.39 is 17.3 Å². The number of halogens is 3. The molecular formula is C21H18F3N3O. The maximum absolute atomic E-state index is 12.9. The number of hydrogen-bond donors (Lipinski definition) is 0. The molecule has 0 bridgehead atoms. The number of hydrogen-bond acceptors (Lipinski definition) is 3. The van der Waals surface area contributed by atoms with Crippen molar-refractivity contribution < 1.29 is 17.9 Å². The van der Waals surface area contributed by atoms with E-state index in [0.717, 1.165) is 29.0 Å². The van der Waals surface area contributed by atoms with E-state index in [1.807, 2.05) is 44.2 Å². The minimum absolute atomic E-state index is 0.368. The van der Waals surface area contributed by atoms with Crippen LogP contribution in [0.1, 0.15) is 23.6 Å². The average molecular weight is 385 g/mol. The minimum Gasteiger partial charge on any atom is -0.481 e. The molecule has 0 saturated carbocycles. The normalized spacial score (nSPS) is 18.6. The minimum atomic E-state index is -4.40. The molecule has 1 aliphatic rings. The number of aromatic nitrogens is 3. The highest BCUT2D eigenvalue weighted by Crippen LogP contribution is 2.33. The number of rotatable bonds is 3. The summed E-state index contributed by atoms with van der Waals surface area (Å²) in [6.07, 6.45) is 1.20. The first-order chi connectivity index (χ1) is 13.2. The summed E-state index contributed by atoms with van der Waals surface area (Å²) in [6.45, 7) is 4.33. The molecule has 1 atom stereocenters. The summed E-state index contributed by atoms with van der Waals surface area (Å²) < 4.78 is 46.5. The Kier molecular flexibility index (Phi) is 4.25. The first-order valence-electron chi connectivity index (χ1n) is 8.79. The van der Waals surface area contributed by atoms with Gasteiger partial charge in [-0.2, -0.15) is 13.2 Å². The highest BCUT2D eigenvalue weighted by Gasteiger charge is 2.31. The Morgan fingerprint density at radius 1 is 1.14 bits per heavy atom. The second kappa shape index (κ2) is 6.51. The van der Waals surface area contributed by atoms with Crippen LogP contribution in [-0.2, 0) is 12.7 Å². The third-order valence-corrected chi connectivity index (χ3v) is 4.62. The average Bonchev–Trinajstić information content (AvgIpc) is 3.09. The van der Waals surface area contributed by atoms with Gasteiger partial charge in [0.25, 0.3) is 0 Å². The summed E-state index contributed by atoms with van der Waals surface area (Å²) in [7, 11) is 0. The van der Waals surface area contributed by atoms with Crippen LogP contribution in [0.2, 0.25) is 0 Å². The van der Waals surface area contributed by atoms with Gasteiger partial charge in [0, 0.05) is 11.1 Å². The van der Waals surface area contributed by atoms with Crippen molar-refractivity contribution >= 4 is 6.08 Å². The molecule has 7 heteroatoms. The Bertz CT molecular complexity index is 1060. The van der Waals surface area contributed by atoms with E-state index >= 15 is 0 Å². The summed E-state index contributed by atoms with van der Waals surface area (Å²) in [5, 5.41) is 8.09. The fourth-order valence-electron chi connectivity index (χ4n) is 3.21. The zero-order chi connectivity index (χ0) is 19.9. The van der Waals surface area contributed by atoms with Gasteiger partial charge in [0.15, 0.2) is 0 Å². The Balaban J connectivity index is 1.55. The third-order valence-electron chi connectivity index (χ3n) is 4.62. The predicted octanol–water partition coefficient (Wildman–Crippen LogP) is 5.14. The van der Waals surface area contributed by atoms with E-state index in [2.05, 4.69) is 10.3 Å². The molecule has 2 aromatic carbocycles. The lowest BCUT2D eigenvalue weighted by Crippen LogP contribution is -2.37.